The van der Waals surface area contributed by atoms with Crippen LogP contribution in [0.15, 0.2) is 83.2 Å². The van der Waals surface area contributed by atoms with Gasteiger partial charge in [-0.1, -0.05) is 72.2 Å². The van der Waals surface area contributed by atoms with Gasteiger partial charge >= 0.3 is 0 Å². The molecule has 0 saturated heterocycles. The average Bonchev–Trinajstić information content (AvgIpc) is 3.38. The van der Waals surface area contributed by atoms with E-state index in [-0.39, 0.29) is 12.5 Å². The van der Waals surface area contributed by atoms with Gasteiger partial charge in [-0.2, -0.15) is 4.98 Å². The standard InChI is InChI=1S/C31H32ClN5O3S/c1-5-16-41-31-35-30-33-20(3)27(29(38)34-23-13-10-19(2)11-14-23)28(37(30)36-31)21-12-15-25(26(17-21)39-4)40-18-22-8-6-7-9-24(22)32/h6-15,17,28H,5,16,18H2,1-4H3,(H,34,38)(H,33,35,36). The van der Waals surface area contributed by atoms with Crippen LogP contribution in [0.25, 0.3) is 0 Å². The molecule has 5 rings (SSSR count). The third-order valence-electron chi connectivity index (χ3n) is 6.67. The number of anilines is 2. The number of fused-ring (bicyclic) bond motifs is 1. The highest BCUT2D eigenvalue weighted by molar-refractivity contribution is 7.99. The van der Waals surface area contributed by atoms with Crippen LogP contribution < -0.4 is 20.1 Å². The fourth-order valence-corrected chi connectivity index (χ4v) is 5.44. The molecule has 1 atom stereocenters. The molecule has 1 amide bonds. The average molecular weight is 590 g/mol. The van der Waals surface area contributed by atoms with Gasteiger partial charge in [-0.05, 0) is 56.2 Å². The number of benzene rings is 3. The molecule has 0 fully saturated rings. The number of methoxy groups -OCH3 is 1. The van der Waals surface area contributed by atoms with Gasteiger partial charge in [0.2, 0.25) is 11.1 Å². The molecule has 2 N–H and O–H groups in total. The highest BCUT2D eigenvalue weighted by Crippen LogP contribution is 2.40. The number of hydrogen-bond donors (Lipinski definition) is 2. The number of nitrogens with zero attached hydrogens (tertiary/aromatic N) is 3. The van der Waals surface area contributed by atoms with Crippen LogP contribution in [-0.4, -0.2) is 33.5 Å². The maximum atomic E-state index is 13.8. The summed E-state index contributed by atoms with van der Waals surface area (Å²) in [6.45, 7) is 6.30. The van der Waals surface area contributed by atoms with Gasteiger partial charge in [-0.3, -0.25) is 4.79 Å². The molecule has 4 aromatic rings. The molecule has 0 bridgehead atoms. The maximum absolute atomic E-state index is 13.8. The highest BCUT2D eigenvalue weighted by atomic mass is 35.5. The second-order valence-electron chi connectivity index (χ2n) is 9.69. The summed E-state index contributed by atoms with van der Waals surface area (Å²) in [5.41, 5.74) is 4.73. The first-order chi connectivity index (χ1) is 19.9. The summed E-state index contributed by atoms with van der Waals surface area (Å²) in [4.78, 5) is 18.5. The Hall–Kier alpha value is -3.95. The lowest BCUT2D eigenvalue weighted by Gasteiger charge is -2.29. The third kappa shape index (κ3) is 6.36. The zero-order chi connectivity index (χ0) is 28.9. The number of carbonyl (C=O) groups excluding carboxylic acids is 1. The summed E-state index contributed by atoms with van der Waals surface area (Å²) in [5.74, 6) is 2.34. The van der Waals surface area contributed by atoms with Crippen molar-refractivity contribution in [2.75, 3.05) is 23.5 Å². The van der Waals surface area contributed by atoms with Crippen molar-refractivity contribution in [2.24, 2.45) is 0 Å². The van der Waals surface area contributed by atoms with Gasteiger partial charge in [0.1, 0.15) is 12.6 Å². The number of halogens is 1. The molecule has 1 aliphatic rings. The molecule has 3 aromatic carbocycles. The molecule has 0 aliphatic carbocycles. The van der Waals surface area contributed by atoms with Gasteiger partial charge in [0.05, 0.1) is 12.7 Å². The van der Waals surface area contributed by atoms with E-state index in [0.29, 0.717) is 44.6 Å². The molecule has 0 radical (unpaired) electrons. The van der Waals surface area contributed by atoms with Crippen molar-refractivity contribution in [3.63, 3.8) is 0 Å². The number of carbonyl (C=O) groups is 1. The smallest absolute Gasteiger partial charge is 0.255 e. The van der Waals surface area contributed by atoms with Crippen LogP contribution in [0.3, 0.4) is 0 Å². The van der Waals surface area contributed by atoms with Crippen molar-refractivity contribution in [3.8, 4) is 11.5 Å². The van der Waals surface area contributed by atoms with Crippen molar-refractivity contribution < 1.29 is 14.3 Å². The number of hydrogen-bond acceptors (Lipinski definition) is 7. The molecule has 0 spiro atoms. The molecular weight excluding hydrogens is 558 g/mol. The zero-order valence-corrected chi connectivity index (χ0v) is 25.0. The topological polar surface area (TPSA) is 90.3 Å². The van der Waals surface area contributed by atoms with Crippen LogP contribution in [0, 0.1) is 6.92 Å². The normalized spacial score (nSPS) is 14.3. The summed E-state index contributed by atoms with van der Waals surface area (Å²) in [7, 11) is 1.59. The van der Waals surface area contributed by atoms with Gasteiger partial charge in [0, 0.05) is 27.7 Å². The molecule has 1 aromatic heterocycles. The second-order valence-corrected chi connectivity index (χ2v) is 11.2. The van der Waals surface area contributed by atoms with Gasteiger partial charge < -0.3 is 20.1 Å². The largest absolute Gasteiger partial charge is 0.493 e. The predicted octanol–water partition coefficient (Wildman–Crippen LogP) is 7.26. The number of rotatable bonds is 10. The fourth-order valence-electron chi connectivity index (χ4n) is 4.57. The van der Waals surface area contributed by atoms with E-state index in [1.54, 1.807) is 23.6 Å². The van der Waals surface area contributed by atoms with E-state index in [0.717, 1.165) is 28.9 Å². The van der Waals surface area contributed by atoms with E-state index in [1.807, 2.05) is 80.6 Å². The lowest BCUT2D eigenvalue weighted by molar-refractivity contribution is -0.113. The fraction of sp³-hybridized carbons (Fsp3) is 0.258. The Balaban J connectivity index is 1.51. The Morgan fingerprint density at radius 3 is 2.61 bits per heavy atom. The molecule has 1 aliphatic heterocycles. The molecule has 2 heterocycles. The lowest BCUT2D eigenvalue weighted by Crippen LogP contribution is -2.31. The summed E-state index contributed by atoms with van der Waals surface area (Å²) in [5, 5.41) is 12.4. The summed E-state index contributed by atoms with van der Waals surface area (Å²) in [6.07, 6.45) is 1.000. The number of thioether (sulfide) groups is 1. The monoisotopic (exact) mass is 589 g/mol. The van der Waals surface area contributed by atoms with E-state index in [4.69, 9.17) is 31.2 Å². The maximum Gasteiger partial charge on any atom is 0.255 e. The van der Waals surface area contributed by atoms with Crippen LogP contribution in [0.2, 0.25) is 5.02 Å². The van der Waals surface area contributed by atoms with Crippen LogP contribution >= 0.6 is 23.4 Å². The van der Waals surface area contributed by atoms with Crippen molar-refractivity contribution in [3.05, 3.63) is 99.7 Å². The molecule has 0 saturated carbocycles. The van der Waals surface area contributed by atoms with Crippen molar-refractivity contribution in [1.29, 1.82) is 0 Å². The van der Waals surface area contributed by atoms with Gasteiger partial charge in [0.25, 0.3) is 5.91 Å². The van der Waals surface area contributed by atoms with E-state index in [1.165, 1.54) is 0 Å². The minimum absolute atomic E-state index is 0.231. The molecule has 212 valence electrons. The quantitative estimate of drug-likeness (QED) is 0.188. The predicted molar refractivity (Wildman–Crippen MR) is 164 cm³/mol. The Morgan fingerprint density at radius 1 is 1.10 bits per heavy atom. The van der Waals surface area contributed by atoms with Crippen LogP contribution in [-0.2, 0) is 11.4 Å². The molecule has 1 unspecified atom stereocenters. The Kier molecular flexibility index (Phi) is 8.85. The minimum Gasteiger partial charge on any atom is -0.493 e. The zero-order valence-electron chi connectivity index (χ0n) is 23.4. The Bertz CT molecular complexity index is 1590. The molecule has 41 heavy (non-hydrogen) atoms. The number of aryl methyl sites for hydroxylation is 1. The number of aromatic nitrogens is 3. The van der Waals surface area contributed by atoms with Gasteiger partial charge in [-0.25, -0.2) is 4.68 Å². The number of allylic oxidation sites excluding steroid dienone is 1. The number of ether oxygens (including phenoxy) is 2. The van der Waals surface area contributed by atoms with Gasteiger partial charge in [0.15, 0.2) is 11.5 Å². The van der Waals surface area contributed by atoms with Crippen LogP contribution in [0.1, 0.15) is 43.0 Å². The Labute approximate surface area is 249 Å². The highest BCUT2D eigenvalue weighted by Gasteiger charge is 2.35. The first-order valence-corrected chi connectivity index (χ1v) is 14.7. The molecular formula is C31H32ClN5O3S. The van der Waals surface area contributed by atoms with Crippen molar-refractivity contribution in [1.82, 2.24) is 14.8 Å². The minimum atomic E-state index is -0.549. The second kappa shape index (κ2) is 12.7. The van der Waals surface area contributed by atoms with Crippen molar-refractivity contribution in [2.45, 2.75) is 45.0 Å². The lowest BCUT2D eigenvalue weighted by atomic mass is 9.94. The van der Waals surface area contributed by atoms with E-state index >= 15 is 0 Å². The first kappa shape index (κ1) is 28.6. The Morgan fingerprint density at radius 2 is 1.88 bits per heavy atom. The van der Waals surface area contributed by atoms with E-state index in [9.17, 15) is 4.79 Å². The van der Waals surface area contributed by atoms with Crippen molar-refractivity contribution >= 4 is 40.9 Å². The summed E-state index contributed by atoms with van der Waals surface area (Å²) >= 11 is 7.90. The third-order valence-corrected chi connectivity index (χ3v) is 8.08. The first-order valence-electron chi connectivity index (χ1n) is 13.4. The molecule has 10 heteroatoms. The van der Waals surface area contributed by atoms with Gasteiger partial charge in [-0.15, -0.1) is 5.10 Å². The van der Waals surface area contributed by atoms with E-state index < -0.39 is 6.04 Å². The SMILES string of the molecule is CCCSc1nc2n(n1)C(c1ccc(OCc3ccccc3Cl)c(OC)c1)C(C(=O)Nc1ccc(C)cc1)=C(C)N2. The molecule has 8 nitrogen and oxygen atoms in total. The summed E-state index contributed by atoms with van der Waals surface area (Å²) < 4.78 is 13.6. The number of amides is 1. The van der Waals surface area contributed by atoms with E-state index in [2.05, 4.69) is 17.6 Å². The number of nitrogens with one attached hydrogen (secondary N) is 2. The van der Waals surface area contributed by atoms with Crippen LogP contribution in [0.4, 0.5) is 11.6 Å². The summed E-state index contributed by atoms with van der Waals surface area (Å²) in [6, 6.07) is 20.4. The van der Waals surface area contributed by atoms with Crippen LogP contribution in [0.5, 0.6) is 11.5 Å².